The van der Waals surface area contributed by atoms with E-state index in [1.165, 1.54) is 0 Å². The third-order valence-electron chi connectivity index (χ3n) is 2.17. The number of nitrogens with zero attached hydrogens (tertiary/aromatic N) is 2. The van der Waals surface area contributed by atoms with Gasteiger partial charge in [0.2, 0.25) is 0 Å². The van der Waals surface area contributed by atoms with Gasteiger partial charge >= 0.3 is 0 Å². The van der Waals surface area contributed by atoms with E-state index in [2.05, 4.69) is 48.8 Å². The van der Waals surface area contributed by atoms with Crippen LogP contribution in [0.25, 0.3) is 11.6 Å². The van der Waals surface area contributed by atoms with E-state index < -0.39 is 0 Å². The number of furan rings is 1. The Balaban J connectivity index is 2.44. The lowest BCUT2D eigenvalue weighted by atomic mass is 10.2. The molecule has 0 fully saturated rings. The standard InChI is InChI=1S/C11H11Br2N3O/c1-2-3-6-4-9(14)16-11(15-6)8-5-7(12)10(13)17-8/h4-5H,2-3H2,1H3,(H2,14,15,16). The molecule has 0 aliphatic carbocycles. The Hall–Kier alpha value is -0.880. The van der Waals surface area contributed by atoms with E-state index in [0.29, 0.717) is 22.1 Å². The Bertz CT molecular complexity index is 520. The first-order chi connectivity index (χ1) is 8.10. The third kappa shape index (κ3) is 2.87. The average Bonchev–Trinajstić information content (AvgIpc) is 2.59. The molecule has 0 aliphatic rings. The van der Waals surface area contributed by atoms with Gasteiger partial charge in [-0.3, -0.25) is 0 Å². The zero-order valence-electron chi connectivity index (χ0n) is 9.20. The number of hydrogen-bond acceptors (Lipinski definition) is 4. The van der Waals surface area contributed by atoms with Crippen LogP contribution in [0, 0.1) is 0 Å². The molecule has 6 heteroatoms. The number of anilines is 1. The monoisotopic (exact) mass is 359 g/mol. The molecular formula is C11H11Br2N3O. The van der Waals surface area contributed by atoms with E-state index in [4.69, 9.17) is 10.2 Å². The van der Waals surface area contributed by atoms with Crippen LogP contribution >= 0.6 is 31.9 Å². The Kier molecular flexibility index (Phi) is 3.83. The number of aromatic nitrogens is 2. The third-order valence-corrected chi connectivity index (χ3v) is 3.88. The van der Waals surface area contributed by atoms with Gasteiger partial charge in [0.1, 0.15) is 5.82 Å². The fourth-order valence-electron chi connectivity index (χ4n) is 1.47. The minimum Gasteiger partial charge on any atom is -0.445 e. The van der Waals surface area contributed by atoms with Crippen molar-refractivity contribution in [1.82, 2.24) is 9.97 Å². The van der Waals surface area contributed by atoms with E-state index in [-0.39, 0.29) is 0 Å². The normalized spacial score (nSPS) is 10.8. The number of aryl methyl sites for hydroxylation is 1. The molecule has 90 valence electrons. The number of halogens is 2. The fraction of sp³-hybridized carbons (Fsp3) is 0.273. The van der Waals surface area contributed by atoms with Crippen molar-refractivity contribution in [3.05, 3.63) is 27.0 Å². The van der Waals surface area contributed by atoms with Crippen LogP contribution < -0.4 is 5.73 Å². The molecule has 0 spiro atoms. The number of rotatable bonds is 3. The summed E-state index contributed by atoms with van der Waals surface area (Å²) in [4.78, 5) is 8.59. The highest BCUT2D eigenvalue weighted by Gasteiger charge is 2.12. The van der Waals surface area contributed by atoms with Gasteiger partial charge in [-0.15, -0.1) is 0 Å². The molecule has 0 aliphatic heterocycles. The Labute approximate surface area is 116 Å². The van der Waals surface area contributed by atoms with Gasteiger partial charge in [-0.05, 0) is 38.3 Å². The van der Waals surface area contributed by atoms with Gasteiger partial charge in [-0.25, -0.2) is 9.97 Å². The molecule has 2 aromatic heterocycles. The van der Waals surface area contributed by atoms with E-state index in [9.17, 15) is 0 Å². The summed E-state index contributed by atoms with van der Waals surface area (Å²) in [7, 11) is 0. The highest BCUT2D eigenvalue weighted by atomic mass is 79.9. The Morgan fingerprint density at radius 1 is 1.29 bits per heavy atom. The van der Waals surface area contributed by atoms with Gasteiger partial charge in [-0.1, -0.05) is 13.3 Å². The summed E-state index contributed by atoms with van der Waals surface area (Å²) in [6.45, 7) is 2.10. The number of nitrogens with two attached hydrogens (primary N) is 1. The molecule has 2 rings (SSSR count). The smallest absolute Gasteiger partial charge is 0.197 e. The second kappa shape index (κ2) is 5.18. The van der Waals surface area contributed by atoms with Crippen LogP contribution in [0.2, 0.25) is 0 Å². The van der Waals surface area contributed by atoms with Crippen molar-refractivity contribution in [2.45, 2.75) is 19.8 Å². The van der Waals surface area contributed by atoms with Gasteiger partial charge in [0, 0.05) is 17.8 Å². The largest absolute Gasteiger partial charge is 0.445 e. The van der Waals surface area contributed by atoms with Crippen molar-refractivity contribution in [2.75, 3.05) is 5.73 Å². The van der Waals surface area contributed by atoms with Gasteiger partial charge in [-0.2, -0.15) is 0 Å². The summed E-state index contributed by atoms with van der Waals surface area (Å²) in [6.07, 6.45) is 1.89. The summed E-state index contributed by atoms with van der Waals surface area (Å²) >= 11 is 6.63. The zero-order valence-corrected chi connectivity index (χ0v) is 12.4. The van der Waals surface area contributed by atoms with Crippen LogP contribution in [-0.4, -0.2) is 9.97 Å². The highest BCUT2D eigenvalue weighted by molar-refractivity contribution is 9.13. The molecule has 0 unspecified atom stereocenters. The quantitative estimate of drug-likeness (QED) is 0.904. The molecular weight excluding hydrogens is 350 g/mol. The van der Waals surface area contributed by atoms with Crippen LogP contribution in [0.15, 0.2) is 25.7 Å². The number of nitrogen functional groups attached to an aromatic ring is 1. The first kappa shape index (κ1) is 12.6. The minimum absolute atomic E-state index is 0.460. The van der Waals surface area contributed by atoms with Gasteiger partial charge in [0.05, 0.1) is 4.47 Å². The molecule has 0 aromatic carbocycles. The zero-order chi connectivity index (χ0) is 12.4. The first-order valence-electron chi connectivity index (χ1n) is 5.18. The maximum atomic E-state index is 5.76. The van der Waals surface area contributed by atoms with E-state index >= 15 is 0 Å². The predicted octanol–water partition coefficient (Wildman–Crippen LogP) is 3.80. The van der Waals surface area contributed by atoms with Crippen LogP contribution in [0.4, 0.5) is 5.82 Å². The van der Waals surface area contributed by atoms with Crippen LogP contribution in [0.5, 0.6) is 0 Å². The predicted molar refractivity (Wildman–Crippen MR) is 73.5 cm³/mol. The maximum Gasteiger partial charge on any atom is 0.197 e. The maximum absolute atomic E-state index is 5.76. The van der Waals surface area contributed by atoms with E-state index in [1.54, 1.807) is 6.07 Å². The Morgan fingerprint density at radius 3 is 2.65 bits per heavy atom. The summed E-state index contributed by atoms with van der Waals surface area (Å²) in [5.41, 5.74) is 6.68. The van der Waals surface area contributed by atoms with E-state index in [0.717, 1.165) is 23.0 Å². The van der Waals surface area contributed by atoms with Crippen LogP contribution in [-0.2, 0) is 6.42 Å². The molecule has 0 saturated heterocycles. The molecule has 0 atom stereocenters. The van der Waals surface area contributed by atoms with Crippen molar-refractivity contribution >= 4 is 37.7 Å². The van der Waals surface area contributed by atoms with Crippen molar-refractivity contribution in [1.29, 1.82) is 0 Å². The van der Waals surface area contributed by atoms with Crippen molar-refractivity contribution < 1.29 is 4.42 Å². The highest BCUT2D eigenvalue weighted by Crippen LogP contribution is 2.31. The van der Waals surface area contributed by atoms with Gasteiger partial charge < -0.3 is 10.2 Å². The summed E-state index contributed by atoms with van der Waals surface area (Å²) in [6, 6.07) is 3.61. The molecule has 0 amide bonds. The second-order valence-corrected chi connectivity index (χ2v) is 5.16. The van der Waals surface area contributed by atoms with Crippen LogP contribution in [0.1, 0.15) is 19.0 Å². The van der Waals surface area contributed by atoms with Crippen molar-refractivity contribution in [3.63, 3.8) is 0 Å². The molecule has 17 heavy (non-hydrogen) atoms. The topological polar surface area (TPSA) is 64.9 Å². The molecule has 0 saturated carbocycles. The summed E-state index contributed by atoms with van der Waals surface area (Å²) < 4.78 is 6.93. The lowest BCUT2D eigenvalue weighted by Crippen LogP contribution is -1.99. The average molecular weight is 361 g/mol. The summed E-state index contributed by atoms with van der Waals surface area (Å²) in [5.74, 6) is 1.57. The van der Waals surface area contributed by atoms with Crippen molar-refractivity contribution in [2.24, 2.45) is 0 Å². The van der Waals surface area contributed by atoms with Crippen molar-refractivity contribution in [3.8, 4) is 11.6 Å². The molecule has 0 radical (unpaired) electrons. The lowest BCUT2D eigenvalue weighted by Gasteiger charge is -2.02. The number of hydrogen-bond donors (Lipinski definition) is 1. The molecule has 2 aromatic rings. The molecule has 2 heterocycles. The van der Waals surface area contributed by atoms with Crippen LogP contribution in [0.3, 0.4) is 0 Å². The van der Waals surface area contributed by atoms with E-state index in [1.807, 2.05) is 6.07 Å². The van der Waals surface area contributed by atoms with Gasteiger partial charge in [0.25, 0.3) is 0 Å². The molecule has 2 N–H and O–H groups in total. The second-order valence-electron chi connectivity index (χ2n) is 3.59. The molecule has 0 bridgehead atoms. The molecule has 4 nitrogen and oxygen atoms in total. The first-order valence-corrected chi connectivity index (χ1v) is 6.77. The fourth-order valence-corrected chi connectivity index (χ4v) is 2.05. The summed E-state index contributed by atoms with van der Waals surface area (Å²) in [5, 5.41) is 0. The SMILES string of the molecule is CCCc1cc(N)nc(-c2cc(Br)c(Br)o2)n1. The van der Waals surface area contributed by atoms with Gasteiger partial charge in [0.15, 0.2) is 16.3 Å². The minimum atomic E-state index is 0.460. The lowest BCUT2D eigenvalue weighted by molar-refractivity contribution is 0.549. The Morgan fingerprint density at radius 2 is 2.06 bits per heavy atom.